The van der Waals surface area contributed by atoms with Crippen molar-refractivity contribution in [2.45, 2.75) is 12.3 Å². The Balaban J connectivity index is 1.81. The molecule has 0 saturated carbocycles. The van der Waals surface area contributed by atoms with E-state index in [1.165, 1.54) is 35.8 Å². The second kappa shape index (κ2) is 5.79. The van der Waals surface area contributed by atoms with E-state index < -0.39 is 0 Å². The Kier molecular flexibility index (Phi) is 3.61. The molecule has 0 radical (unpaired) electrons. The molecule has 3 nitrogen and oxygen atoms in total. The highest BCUT2D eigenvalue weighted by Crippen LogP contribution is 2.44. The third-order valence-corrected chi connectivity index (χ3v) is 5.02. The number of nitrogens with zero attached hydrogens (tertiary/aromatic N) is 1. The van der Waals surface area contributed by atoms with Crippen LogP contribution in [0.4, 0.5) is 14.5 Å². The molecule has 4 rings (SSSR count). The molecule has 120 valence electrons. The smallest absolute Gasteiger partial charge is 0.225 e. The van der Waals surface area contributed by atoms with Crippen molar-refractivity contribution in [3.63, 3.8) is 0 Å². The summed E-state index contributed by atoms with van der Waals surface area (Å²) in [7, 11) is 0. The molecule has 6 heteroatoms. The van der Waals surface area contributed by atoms with Crippen LogP contribution in [0.3, 0.4) is 0 Å². The lowest BCUT2D eigenvalue weighted by molar-refractivity contribution is -0.116. The van der Waals surface area contributed by atoms with E-state index in [-0.39, 0.29) is 29.9 Å². The fourth-order valence-corrected chi connectivity index (χ4v) is 3.90. The second-order valence-corrected chi connectivity index (χ2v) is 6.44. The van der Waals surface area contributed by atoms with E-state index in [9.17, 15) is 13.6 Å². The molecule has 1 aliphatic rings. The van der Waals surface area contributed by atoms with Crippen LogP contribution in [0, 0.1) is 11.6 Å². The van der Waals surface area contributed by atoms with Crippen molar-refractivity contribution >= 4 is 23.1 Å². The predicted molar refractivity (Wildman–Crippen MR) is 89.0 cm³/mol. The maximum absolute atomic E-state index is 13.5. The molecule has 2 aromatic carbocycles. The van der Waals surface area contributed by atoms with Crippen molar-refractivity contribution in [1.82, 2.24) is 4.37 Å². The Labute approximate surface area is 141 Å². The highest BCUT2D eigenvalue weighted by Gasteiger charge is 2.31. The molecule has 0 saturated heterocycles. The number of hydrogen-bond acceptors (Lipinski definition) is 3. The molecule has 3 aromatic rings. The summed E-state index contributed by atoms with van der Waals surface area (Å²) in [5, 5.41) is 2.85. The first-order valence-corrected chi connectivity index (χ1v) is 8.20. The van der Waals surface area contributed by atoms with Gasteiger partial charge in [0.1, 0.15) is 17.3 Å². The van der Waals surface area contributed by atoms with E-state index >= 15 is 0 Å². The summed E-state index contributed by atoms with van der Waals surface area (Å²) >= 11 is 1.28. The number of carbonyl (C=O) groups excluding carboxylic acids is 1. The van der Waals surface area contributed by atoms with Crippen molar-refractivity contribution < 1.29 is 13.6 Å². The lowest BCUT2D eigenvalue weighted by atomic mass is 9.89. The number of rotatable bonds is 2. The second-order valence-electron chi connectivity index (χ2n) is 5.64. The first-order valence-electron chi connectivity index (χ1n) is 7.42. The van der Waals surface area contributed by atoms with Crippen molar-refractivity contribution in [1.29, 1.82) is 0 Å². The summed E-state index contributed by atoms with van der Waals surface area (Å²) in [5.74, 6) is -0.973. The minimum Gasteiger partial charge on any atom is -0.323 e. The summed E-state index contributed by atoms with van der Waals surface area (Å²) in [5.41, 5.74) is 2.67. The van der Waals surface area contributed by atoms with Gasteiger partial charge in [-0.25, -0.2) is 8.78 Å². The van der Waals surface area contributed by atoms with Crippen LogP contribution in [0.1, 0.15) is 22.8 Å². The SMILES string of the molecule is O=C1C[C@H](c2ccc(F)cc2)c2snc(-c3cccc(F)c3)c2N1. The van der Waals surface area contributed by atoms with Crippen molar-refractivity contribution in [3.05, 3.63) is 70.6 Å². The van der Waals surface area contributed by atoms with Crippen LogP contribution in [0.25, 0.3) is 11.3 Å². The first kappa shape index (κ1) is 15.0. The Morgan fingerprint density at radius 3 is 2.62 bits per heavy atom. The molecule has 1 N–H and O–H groups in total. The van der Waals surface area contributed by atoms with Gasteiger partial charge in [0.15, 0.2) is 0 Å². The van der Waals surface area contributed by atoms with Crippen LogP contribution in [0.5, 0.6) is 0 Å². The van der Waals surface area contributed by atoms with Crippen molar-refractivity contribution in [2.24, 2.45) is 0 Å². The lowest BCUT2D eigenvalue weighted by Gasteiger charge is -2.22. The average molecular weight is 342 g/mol. The van der Waals surface area contributed by atoms with Gasteiger partial charge >= 0.3 is 0 Å². The number of nitrogens with one attached hydrogen (secondary N) is 1. The minimum atomic E-state index is -0.355. The Morgan fingerprint density at radius 2 is 1.88 bits per heavy atom. The average Bonchev–Trinajstić information content (AvgIpc) is 2.98. The number of benzene rings is 2. The molecule has 0 fully saturated rings. The van der Waals surface area contributed by atoms with Gasteiger partial charge in [-0.05, 0) is 41.4 Å². The van der Waals surface area contributed by atoms with E-state index in [2.05, 4.69) is 9.69 Å². The van der Waals surface area contributed by atoms with Crippen molar-refractivity contribution in [3.8, 4) is 11.3 Å². The number of aromatic nitrogens is 1. The fraction of sp³-hybridized carbons (Fsp3) is 0.111. The zero-order chi connectivity index (χ0) is 16.7. The van der Waals surface area contributed by atoms with Gasteiger partial charge in [0.05, 0.1) is 10.6 Å². The summed E-state index contributed by atoms with van der Waals surface area (Å²) < 4.78 is 31.1. The third-order valence-electron chi connectivity index (χ3n) is 4.06. The topological polar surface area (TPSA) is 42.0 Å². The number of hydrogen-bond donors (Lipinski definition) is 1. The molecule has 1 amide bonds. The molecular formula is C18H12F2N2OS. The quantitative estimate of drug-likeness (QED) is 0.742. The van der Waals surface area contributed by atoms with Gasteiger partial charge in [-0.15, -0.1) is 0 Å². The molecule has 24 heavy (non-hydrogen) atoms. The van der Waals surface area contributed by atoms with Gasteiger partial charge in [0, 0.05) is 17.9 Å². The number of anilines is 1. The van der Waals surface area contributed by atoms with Gasteiger partial charge in [-0.2, -0.15) is 4.37 Å². The highest BCUT2D eigenvalue weighted by molar-refractivity contribution is 7.07. The van der Waals surface area contributed by atoms with Crippen LogP contribution in [0.2, 0.25) is 0 Å². The van der Waals surface area contributed by atoms with Gasteiger partial charge in [-0.1, -0.05) is 24.3 Å². The molecule has 0 unspecified atom stereocenters. The summed E-state index contributed by atoms with van der Waals surface area (Å²) in [6.07, 6.45) is 0.281. The number of amides is 1. The number of halogens is 2. The molecule has 0 aliphatic carbocycles. The van der Waals surface area contributed by atoms with Gasteiger partial charge in [0.2, 0.25) is 5.91 Å². The minimum absolute atomic E-state index is 0.130. The van der Waals surface area contributed by atoms with E-state index in [0.29, 0.717) is 16.9 Å². The monoisotopic (exact) mass is 342 g/mol. The number of carbonyl (C=O) groups is 1. The van der Waals surface area contributed by atoms with Crippen molar-refractivity contribution in [2.75, 3.05) is 5.32 Å². The highest BCUT2D eigenvalue weighted by atomic mass is 32.1. The molecule has 1 aromatic heterocycles. The Morgan fingerprint density at radius 1 is 1.08 bits per heavy atom. The molecule has 0 bridgehead atoms. The van der Waals surface area contributed by atoms with E-state index in [4.69, 9.17) is 0 Å². The molecular weight excluding hydrogens is 330 g/mol. The van der Waals surface area contributed by atoms with Gasteiger partial charge < -0.3 is 5.32 Å². The predicted octanol–water partition coefficient (Wildman–Crippen LogP) is 4.56. The zero-order valence-electron chi connectivity index (χ0n) is 12.4. The first-order chi connectivity index (χ1) is 11.6. The van der Waals surface area contributed by atoms with Crippen LogP contribution < -0.4 is 5.32 Å². The normalized spacial score (nSPS) is 16.6. The van der Waals surface area contributed by atoms with E-state index in [1.54, 1.807) is 24.3 Å². The Hall–Kier alpha value is -2.60. The summed E-state index contributed by atoms with van der Waals surface area (Å²) in [4.78, 5) is 13.0. The lowest BCUT2D eigenvalue weighted by Crippen LogP contribution is -2.22. The molecule has 0 spiro atoms. The largest absolute Gasteiger partial charge is 0.323 e. The third kappa shape index (κ3) is 2.59. The Bertz CT molecular complexity index is 921. The fourth-order valence-electron chi connectivity index (χ4n) is 2.93. The summed E-state index contributed by atoms with van der Waals surface area (Å²) in [6, 6.07) is 12.3. The molecule has 2 heterocycles. The van der Waals surface area contributed by atoms with Gasteiger partial charge in [-0.3, -0.25) is 4.79 Å². The van der Waals surface area contributed by atoms with Crippen LogP contribution in [-0.2, 0) is 4.79 Å². The molecule has 1 atom stereocenters. The summed E-state index contributed by atoms with van der Waals surface area (Å²) in [6.45, 7) is 0. The zero-order valence-corrected chi connectivity index (χ0v) is 13.2. The molecule has 1 aliphatic heterocycles. The van der Waals surface area contributed by atoms with E-state index in [0.717, 1.165) is 10.4 Å². The maximum Gasteiger partial charge on any atom is 0.225 e. The van der Waals surface area contributed by atoms with Crippen LogP contribution >= 0.6 is 11.5 Å². The maximum atomic E-state index is 13.5. The van der Waals surface area contributed by atoms with Crippen LogP contribution in [0.15, 0.2) is 48.5 Å². The van der Waals surface area contributed by atoms with Gasteiger partial charge in [0.25, 0.3) is 0 Å². The van der Waals surface area contributed by atoms with Crippen LogP contribution in [-0.4, -0.2) is 10.3 Å². The number of fused-ring (bicyclic) bond motifs is 1. The standard InChI is InChI=1S/C18H12F2N2OS/c19-12-6-4-10(5-7-12)14-9-15(23)21-17-16(22-24-18(14)17)11-2-1-3-13(20)8-11/h1-8,14H,9H2,(H,21,23)/t14-/m1/s1. The van der Waals surface area contributed by atoms with E-state index in [1.807, 2.05) is 0 Å².